The maximum atomic E-state index is 13.5. The van der Waals surface area contributed by atoms with Gasteiger partial charge in [-0.1, -0.05) is 64.8 Å². The molecule has 2 aromatic rings. The van der Waals surface area contributed by atoms with Gasteiger partial charge in [0.15, 0.2) is 0 Å². The molecule has 0 aliphatic carbocycles. The number of carbonyl (C=O) groups is 2. The molecule has 3 N–H and O–H groups in total. The van der Waals surface area contributed by atoms with Gasteiger partial charge in [0.25, 0.3) is 0 Å². The lowest BCUT2D eigenvalue weighted by Gasteiger charge is -2.28. The van der Waals surface area contributed by atoms with Gasteiger partial charge in [-0.2, -0.15) is 0 Å². The van der Waals surface area contributed by atoms with Crippen LogP contribution in [0.1, 0.15) is 89.5 Å². The molecule has 0 aromatic heterocycles. The topological polar surface area (TPSA) is 113 Å². The zero-order valence-electron chi connectivity index (χ0n) is 28.2. The van der Waals surface area contributed by atoms with Crippen molar-refractivity contribution in [1.82, 2.24) is 0 Å². The Labute approximate surface area is 273 Å². The van der Waals surface area contributed by atoms with Crippen LogP contribution in [0.4, 0.5) is 0 Å². The Morgan fingerprint density at radius 3 is 1.83 bits per heavy atom. The Morgan fingerprint density at radius 2 is 1.30 bits per heavy atom. The maximum absolute atomic E-state index is 13.5. The summed E-state index contributed by atoms with van der Waals surface area (Å²) in [5, 5.41) is 32.3. The number of benzene rings is 2. The van der Waals surface area contributed by atoms with Crippen LogP contribution in [0, 0.1) is 0 Å². The van der Waals surface area contributed by atoms with Crippen molar-refractivity contribution in [2.45, 2.75) is 92.1 Å². The number of methoxy groups -OCH3 is 1. The molecule has 0 bridgehead atoms. The first-order valence-electron chi connectivity index (χ1n) is 15.7. The smallest absolute Gasteiger partial charge is 0.375 e. The number of hydrogen-bond acceptors (Lipinski definition) is 7. The highest BCUT2D eigenvalue weighted by molar-refractivity contribution is 6.11. The molecule has 3 rings (SSSR count). The summed E-state index contributed by atoms with van der Waals surface area (Å²) in [7, 11) is 1.20. The molecule has 1 atom stereocenters. The third kappa shape index (κ3) is 9.25. The molecule has 0 amide bonds. The quantitative estimate of drug-likeness (QED) is 0.142. The summed E-state index contributed by atoms with van der Waals surface area (Å²) in [6.07, 6.45) is 12.9. The number of cyclic esters (lactones) is 1. The minimum atomic E-state index is -1.98. The van der Waals surface area contributed by atoms with E-state index in [4.69, 9.17) is 9.47 Å². The van der Waals surface area contributed by atoms with Crippen molar-refractivity contribution < 1.29 is 34.4 Å². The number of hydrogen-bond donors (Lipinski definition) is 3. The number of allylic oxidation sites excluding steroid dienone is 8. The van der Waals surface area contributed by atoms with Gasteiger partial charge >= 0.3 is 11.9 Å². The fourth-order valence-corrected chi connectivity index (χ4v) is 5.48. The first-order chi connectivity index (χ1) is 21.8. The highest BCUT2D eigenvalue weighted by Gasteiger charge is 2.55. The van der Waals surface area contributed by atoms with Crippen LogP contribution in [0.2, 0.25) is 0 Å². The molecule has 7 heteroatoms. The Hall–Kier alpha value is -4.52. The fourth-order valence-electron chi connectivity index (χ4n) is 5.48. The highest BCUT2D eigenvalue weighted by atomic mass is 16.6. The van der Waals surface area contributed by atoms with Gasteiger partial charge in [-0.25, -0.2) is 9.59 Å². The van der Waals surface area contributed by atoms with Crippen molar-refractivity contribution in [1.29, 1.82) is 0 Å². The summed E-state index contributed by atoms with van der Waals surface area (Å²) in [4.78, 5) is 26.3. The minimum Gasteiger partial charge on any atom is -0.508 e. The molecule has 0 spiro atoms. The molecular weight excluding hydrogens is 580 g/mol. The zero-order chi connectivity index (χ0) is 34.0. The molecule has 0 unspecified atom stereocenters. The van der Waals surface area contributed by atoms with Crippen LogP contribution in [-0.2, 0) is 38.3 Å². The van der Waals surface area contributed by atoms with Crippen LogP contribution in [0.15, 0.2) is 88.8 Å². The summed E-state index contributed by atoms with van der Waals surface area (Å²) >= 11 is 0. The third-order valence-corrected chi connectivity index (χ3v) is 8.10. The largest absolute Gasteiger partial charge is 0.508 e. The second-order valence-corrected chi connectivity index (χ2v) is 12.6. The van der Waals surface area contributed by atoms with Crippen molar-refractivity contribution in [2.75, 3.05) is 7.11 Å². The Kier molecular flexibility index (Phi) is 12.6. The lowest BCUT2D eigenvalue weighted by Crippen LogP contribution is -2.44. The van der Waals surface area contributed by atoms with Crippen molar-refractivity contribution in [2.24, 2.45) is 0 Å². The predicted molar refractivity (Wildman–Crippen MR) is 183 cm³/mol. The van der Waals surface area contributed by atoms with E-state index in [0.29, 0.717) is 35.1 Å². The highest BCUT2D eigenvalue weighted by Crippen LogP contribution is 2.44. The van der Waals surface area contributed by atoms with Crippen LogP contribution < -0.4 is 0 Å². The average molecular weight is 629 g/mol. The molecule has 1 heterocycles. The number of phenolic OH excluding ortho intramolecular Hbond substituents is 2. The Morgan fingerprint density at radius 1 is 0.783 bits per heavy atom. The van der Waals surface area contributed by atoms with E-state index in [0.717, 1.165) is 31.3 Å². The Balaban J connectivity index is 1.97. The van der Waals surface area contributed by atoms with Gasteiger partial charge in [0, 0.05) is 6.42 Å². The Bertz CT molecular complexity index is 1590. The van der Waals surface area contributed by atoms with Gasteiger partial charge in [-0.15, -0.1) is 0 Å². The summed E-state index contributed by atoms with van der Waals surface area (Å²) in [6.45, 7) is 12.4. The van der Waals surface area contributed by atoms with E-state index in [9.17, 15) is 24.9 Å². The lowest BCUT2D eigenvalue weighted by molar-refractivity contribution is -0.169. The number of phenols is 2. The van der Waals surface area contributed by atoms with E-state index in [1.54, 1.807) is 30.3 Å². The van der Waals surface area contributed by atoms with Crippen molar-refractivity contribution in [3.63, 3.8) is 0 Å². The predicted octanol–water partition coefficient (Wildman–Crippen LogP) is 8.55. The minimum absolute atomic E-state index is 0.0282. The number of aliphatic hydroxyl groups excluding tert-OH is 1. The number of aliphatic hydroxyl groups is 1. The first kappa shape index (κ1) is 36.0. The van der Waals surface area contributed by atoms with Gasteiger partial charge < -0.3 is 24.8 Å². The van der Waals surface area contributed by atoms with Crippen LogP contribution in [-0.4, -0.2) is 40.0 Å². The molecule has 0 fully saturated rings. The monoisotopic (exact) mass is 628 g/mol. The SMILES string of the molecule is COC(=O)[C@]1(Cc2ccc(O)c(C/C=C(\C)CCC=C(C)C)c2)OC(=O)C(O)=C1c1ccc(O)c(C/C=C(\C)CCC=C(C)C)c1. The molecule has 1 aliphatic heterocycles. The third-order valence-electron chi connectivity index (χ3n) is 8.10. The summed E-state index contributed by atoms with van der Waals surface area (Å²) < 4.78 is 10.8. The van der Waals surface area contributed by atoms with Crippen molar-refractivity contribution in [3.8, 4) is 11.5 Å². The normalized spacial score (nSPS) is 16.7. The van der Waals surface area contributed by atoms with Crippen molar-refractivity contribution >= 4 is 17.5 Å². The van der Waals surface area contributed by atoms with E-state index >= 15 is 0 Å². The van der Waals surface area contributed by atoms with Crippen LogP contribution >= 0.6 is 0 Å². The summed E-state index contributed by atoms with van der Waals surface area (Å²) in [6, 6.07) is 9.65. The summed E-state index contributed by atoms with van der Waals surface area (Å²) in [5.74, 6) is -2.42. The van der Waals surface area contributed by atoms with E-state index in [1.807, 2.05) is 13.0 Å². The second-order valence-electron chi connectivity index (χ2n) is 12.6. The molecule has 0 radical (unpaired) electrons. The molecule has 1 aliphatic rings. The molecule has 246 valence electrons. The second kappa shape index (κ2) is 16.2. The van der Waals surface area contributed by atoms with Crippen LogP contribution in [0.5, 0.6) is 11.5 Å². The van der Waals surface area contributed by atoms with Crippen LogP contribution in [0.3, 0.4) is 0 Å². The van der Waals surface area contributed by atoms with Crippen molar-refractivity contribution in [3.05, 3.63) is 111 Å². The van der Waals surface area contributed by atoms with Gasteiger partial charge in [-0.05, 0) is 121 Å². The number of carbonyl (C=O) groups excluding carboxylic acids is 2. The maximum Gasteiger partial charge on any atom is 0.375 e. The van der Waals surface area contributed by atoms with E-state index in [2.05, 4.69) is 52.8 Å². The average Bonchev–Trinajstić information content (AvgIpc) is 3.25. The van der Waals surface area contributed by atoms with Crippen LogP contribution in [0.25, 0.3) is 5.57 Å². The van der Waals surface area contributed by atoms with E-state index < -0.39 is 23.3 Å². The molecule has 7 nitrogen and oxygen atoms in total. The standard InChI is InChI=1S/C39H48O7/c1-25(2)10-8-12-27(5)14-17-30-22-29(16-20-33(30)40)24-39(38(44)45-7)35(36(42)37(43)46-39)32-19-21-34(41)31(23-32)18-15-28(6)13-9-11-26(3)4/h10-11,14-16,19-23,40-42H,8-9,12-13,17-18,24H2,1-7H3/b27-14+,28-15+/t39-/m1/s1. The number of esters is 2. The van der Waals surface area contributed by atoms with Gasteiger partial charge in [0.1, 0.15) is 11.5 Å². The van der Waals surface area contributed by atoms with Gasteiger partial charge in [0.05, 0.1) is 12.7 Å². The number of aromatic hydroxyl groups is 2. The van der Waals surface area contributed by atoms with Gasteiger partial charge in [0.2, 0.25) is 11.4 Å². The van der Waals surface area contributed by atoms with E-state index in [1.165, 1.54) is 29.9 Å². The summed E-state index contributed by atoms with van der Waals surface area (Å²) in [5.41, 5.74) is 5.04. The number of rotatable bonds is 14. The molecular formula is C39H48O7. The van der Waals surface area contributed by atoms with Gasteiger partial charge in [-0.3, -0.25) is 0 Å². The first-order valence-corrected chi connectivity index (χ1v) is 15.7. The fraction of sp³-hybridized carbons (Fsp3) is 0.385. The molecule has 46 heavy (non-hydrogen) atoms. The number of ether oxygens (including phenoxy) is 2. The zero-order valence-corrected chi connectivity index (χ0v) is 28.2. The molecule has 2 aromatic carbocycles. The van der Waals surface area contributed by atoms with E-state index in [-0.39, 0.29) is 23.5 Å². The molecule has 0 saturated carbocycles. The molecule has 0 saturated heterocycles. The lowest BCUT2D eigenvalue weighted by atomic mass is 9.82.